The van der Waals surface area contributed by atoms with Crippen molar-refractivity contribution in [1.29, 1.82) is 0 Å². The molecule has 0 spiro atoms. The van der Waals surface area contributed by atoms with Gasteiger partial charge in [0, 0.05) is 32.2 Å². The third kappa shape index (κ3) is 4.81. The summed E-state index contributed by atoms with van der Waals surface area (Å²) in [5.74, 6) is 0.946. The van der Waals surface area contributed by atoms with E-state index in [4.69, 9.17) is 0 Å². The molecule has 2 aliphatic rings. The minimum atomic E-state index is 0.686. The van der Waals surface area contributed by atoms with E-state index in [0.717, 1.165) is 5.92 Å². The highest BCUT2D eigenvalue weighted by Gasteiger charge is 2.20. The predicted molar refractivity (Wildman–Crippen MR) is 70.8 cm³/mol. The molecule has 0 saturated carbocycles. The van der Waals surface area contributed by atoms with Crippen LogP contribution >= 0.6 is 0 Å². The molecule has 0 aromatic heterocycles. The fourth-order valence-electron chi connectivity index (χ4n) is 2.61. The summed E-state index contributed by atoms with van der Waals surface area (Å²) >= 11 is 0. The van der Waals surface area contributed by atoms with Crippen molar-refractivity contribution in [2.75, 3.05) is 39.3 Å². The van der Waals surface area contributed by atoms with Crippen LogP contribution in [0.3, 0.4) is 0 Å². The Bertz CT molecular complexity index is 167. The van der Waals surface area contributed by atoms with Gasteiger partial charge in [0.15, 0.2) is 0 Å². The molecule has 1 atom stereocenters. The van der Waals surface area contributed by atoms with E-state index in [0.29, 0.717) is 6.04 Å². The first-order valence-corrected chi connectivity index (χ1v) is 7.01. The molecule has 96 valence electrons. The molecule has 2 fully saturated rings. The number of piperidine rings is 1. The average molecular weight is 227 g/mol. The van der Waals surface area contributed by atoms with Gasteiger partial charge in [0.05, 0.1) is 0 Å². The summed E-state index contributed by atoms with van der Waals surface area (Å²) in [5, 5.41) is 6.93. The zero-order valence-electron chi connectivity index (χ0n) is 11.3. The van der Waals surface area contributed by atoms with Gasteiger partial charge in [0.1, 0.15) is 0 Å². The average Bonchev–Trinajstić information content (AvgIpc) is 2.33. The van der Waals surface area contributed by atoms with E-state index >= 15 is 0 Å². The number of nitrogens with one attached hydrogen (secondary N) is 2. The third-order valence-corrected chi connectivity index (χ3v) is 3.43. The van der Waals surface area contributed by atoms with E-state index in [9.17, 15) is 0 Å². The number of hydrogen-bond acceptors (Lipinski definition) is 3. The highest BCUT2D eigenvalue weighted by atomic mass is 15.2. The molecule has 0 aliphatic carbocycles. The van der Waals surface area contributed by atoms with Gasteiger partial charge in [-0.05, 0) is 38.8 Å². The van der Waals surface area contributed by atoms with Crippen LogP contribution in [0.4, 0.5) is 0 Å². The van der Waals surface area contributed by atoms with Crippen LogP contribution in [0.1, 0.15) is 33.6 Å². The standard InChI is InChI=1S/C11H23N3.C2H6/c1-10-8-14(7-6-13-10)9-11-2-4-12-5-3-11;1-2/h10-13H,2-9H2,1H3;1-2H3. The zero-order valence-corrected chi connectivity index (χ0v) is 11.3. The van der Waals surface area contributed by atoms with E-state index in [-0.39, 0.29) is 0 Å². The third-order valence-electron chi connectivity index (χ3n) is 3.43. The van der Waals surface area contributed by atoms with Crippen LogP contribution in [0, 0.1) is 5.92 Å². The molecular weight excluding hydrogens is 198 g/mol. The first kappa shape index (κ1) is 13.9. The number of nitrogens with zero attached hydrogens (tertiary/aromatic N) is 1. The normalized spacial score (nSPS) is 28.3. The molecular formula is C13H29N3. The Morgan fingerprint density at radius 3 is 2.44 bits per heavy atom. The van der Waals surface area contributed by atoms with Crippen LogP contribution < -0.4 is 10.6 Å². The number of rotatable bonds is 2. The Morgan fingerprint density at radius 1 is 1.12 bits per heavy atom. The van der Waals surface area contributed by atoms with E-state index < -0.39 is 0 Å². The van der Waals surface area contributed by atoms with Gasteiger partial charge in [-0.15, -0.1) is 0 Å². The van der Waals surface area contributed by atoms with Crippen molar-refractivity contribution in [3.05, 3.63) is 0 Å². The van der Waals surface area contributed by atoms with E-state index in [1.807, 2.05) is 13.8 Å². The van der Waals surface area contributed by atoms with Gasteiger partial charge in [-0.1, -0.05) is 13.8 Å². The highest BCUT2D eigenvalue weighted by Crippen LogP contribution is 2.14. The van der Waals surface area contributed by atoms with E-state index in [1.165, 1.54) is 52.1 Å². The lowest BCUT2D eigenvalue weighted by Gasteiger charge is -2.35. The van der Waals surface area contributed by atoms with Crippen LogP contribution in [0.25, 0.3) is 0 Å². The van der Waals surface area contributed by atoms with Crippen LogP contribution in [0.15, 0.2) is 0 Å². The molecule has 0 radical (unpaired) electrons. The lowest BCUT2D eigenvalue weighted by atomic mass is 9.97. The molecule has 0 bridgehead atoms. The number of piperazine rings is 1. The molecule has 2 rings (SSSR count). The Labute approximate surface area is 101 Å². The van der Waals surface area contributed by atoms with E-state index in [2.05, 4.69) is 22.5 Å². The summed E-state index contributed by atoms with van der Waals surface area (Å²) in [6, 6.07) is 0.686. The molecule has 2 saturated heterocycles. The molecule has 3 heteroatoms. The highest BCUT2D eigenvalue weighted by molar-refractivity contribution is 4.78. The molecule has 3 nitrogen and oxygen atoms in total. The summed E-state index contributed by atoms with van der Waals surface area (Å²) in [6.45, 7) is 13.7. The van der Waals surface area contributed by atoms with E-state index in [1.54, 1.807) is 0 Å². The predicted octanol–water partition coefficient (Wildman–Crippen LogP) is 1.31. The fraction of sp³-hybridized carbons (Fsp3) is 1.00. The minimum Gasteiger partial charge on any atom is -0.317 e. The summed E-state index contributed by atoms with van der Waals surface area (Å²) < 4.78 is 0. The van der Waals surface area contributed by atoms with Crippen molar-refractivity contribution in [2.24, 2.45) is 5.92 Å². The molecule has 2 heterocycles. The van der Waals surface area contributed by atoms with Crippen LogP contribution in [-0.4, -0.2) is 50.2 Å². The molecule has 2 N–H and O–H groups in total. The number of hydrogen-bond donors (Lipinski definition) is 2. The second-order valence-electron chi connectivity index (χ2n) is 4.81. The van der Waals surface area contributed by atoms with Crippen LogP contribution in [0.2, 0.25) is 0 Å². The maximum Gasteiger partial charge on any atom is 0.0167 e. The van der Waals surface area contributed by atoms with Crippen molar-refractivity contribution < 1.29 is 0 Å². The van der Waals surface area contributed by atoms with Gasteiger partial charge in [-0.3, -0.25) is 0 Å². The Kier molecular flexibility index (Phi) is 7.01. The second-order valence-corrected chi connectivity index (χ2v) is 4.81. The summed E-state index contributed by atoms with van der Waals surface area (Å²) in [6.07, 6.45) is 2.75. The van der Waals surface area contributed by atoms with Crippen LogP contribution in [-0.2, 0) is 0 Å². The van der Waals surface area contributed by atoms with Gasteiger partial charge in [0.25, 0.3) is 0 Å². The quantitative estimate of drug-likeness (QED) is 0.745. The smallest absolute Gasteiger partial charge is 0.0167 e. The Morgan fingerprint density at radius 2 is 1.81 bits per heavy atom. The molecule has 1 unspecified atom stereocenters. The van der Waals surface area contributed by atoms with Gasteiger partial charge in [0.2, 0.25) is 0 Å². The zero-order chi connectivity index (χ0) is 11.8. The van der Waals surface area contributed by atoms with Crippen LogP contribution in [0.5, 0.6) is 0 Å². The fourth-order valence-corrected chi connectivity index (χ4v) is 2.61. The van der Waals surface area contributed by atoms with Crippen molar-refractivity contribution in [1.82, 2.24) is 15.5 Å². The van der Waals surface area contributed by atoms with Gasteiger partial charge in [-0.2, -0.15) is 0 Å². The molecule has 0 amide bonds. The Balaban J connectivity index is 0.000000606. The summed E-state index contributed by atoms with van der Waals surface area (Å²) in [7, 11) is 0. The first-order valence-electron chi connectivity index (χ1n) is 7.01. The molecule has 0 aromatic carbocycles. The Hall–Kier alpha value is -0.120. The lowest BCUT2D eigenvalue weighted by Crippen LogP contribution is -2.51. The van der Waals surface area contributed by atoms with Crippen molar-refractivity contribution in [3.63, 3.8) is 0 Å². The molecule has 0 aromatic rings. The maximum atomic E-state index is 3.50. The molecule has 16 heavy (non-hydrogen) atoms. The first-order chi connectivity index (χ1) is 7.84. The topological polar surface area (TPSA) is 27.3 Å². The maximum absolute atomic E-state index is 3.50. The monoisotopic (exact) mass is 227 g/mol. The van der Waals surface area contributed by atoms with Crippen molar-refractivity contribution in [2.45, 2.75) is 39.7 Å². The van der Waals surface area contributed by atoms with Gasteiger partial charge >= 0.3 is 0 Å². The summed E-state index contributed by atoms with van der Waals surface area (Å²) in [4.78, 5) is 2.64. The summed E-state index contributed by atoms with van der Waals surface area (Å²) in [5.41, 5.74) is 0. The van der Waals surface area contributed by atoms with Crippen molar-refractivity contribution in [3.8, 4) is 0 Å². The van der Waals surface area contributed by atoms with Gasteiger partial charge in [-0.25, -0.2) is 0 Å². The molecule has 2 aliphatic heterocycles. The van der Waals surface area contributed by atoms with Gasteiger partial charge < -0.3 is 15.5 Å². The largest absolute Gasteiger partial charge is 0.317 e. The second kappa shape index (κ2) is 8.04. The lowest BCUT2D eigenvalue weighted by molar-refractivity contribution is 0.164. The SMILES string of the molecule is CC.CC1CN(CC2CCNCC2)CCN1. The minimum absolute atomic E-state index is 0.686. The van der Waals surface area contributed by atoms with Crippen molar-refractivity contribution >= 4 is 0 Å².